The number of aldehydes is 1. The van der Waals surface area contributed by atoms with Crippen LogP contribution < -0.4 is 0 Å². The predicted octanol–water partition coefficient (Wildman–Crippen LogP) is 5.32. The molecule has 0 spiro atoms. The zero-order chi connectivity index (χ0) is 19.0. The Morgan fingerprint density at radius 2 is 1.70 bits per heavy atom. The highest BCUT2D eigenvalue weighted by Crippen LogP contribution is 2.33. The van der Waals surface area contributed by atoms with Gasteiger partial charge in [0, 0.05) is 29.3 Å². The van der Waals surface area contributed by atoms with Crippen LogP contribution in [0, 0.1) is 19.7 Å². The molecule has 27 heavy (non-hydrogen) atoms. The molecule has 0 saturated heterocycles. The molecule has 0 fully saturated rings. The van der Waals surface area contributed by atoms with Crippen molar-refractivity contribution in [3.8, 4) is 11.1 Å². The number of rotatable bonds is 4. The van der Waals surface area contributed by atoms with Gasteiger partial charge in [0.2, 0.25) is 0 Å². The Kier molecular flexibility index (Phi) is 4.32. The molecule has 0 atom stereocenters. The van der Waals surface area contributed by atoms with E-state index in [1.165, 1.54) is 17.7 Å². The minimum absolute atomic E-state index is 0.248. The maximum atomic E-state index is 13.2. The molecular weight excluding hydrogens is 339 g/mol. The molecule has 0 saturated carbocycles. The summed E-state index contributed by atoms with van der Waals surface area (Å²) >= 11 is 0. The van der Waals surface area contributed by atoms with Crippen LogP contribution in [0.25, 0.3) is 22.2 Å². The van der Waals surface area contributed by atoms with Crippen molar-refractivity contribution < 1.29 is 9.18 Å². The van der Waals surface area contributed by atoms with Gasteiger partial charge < -0.3 is 4.57 Å². The van der Waals surface area contributed by atoms with E-state index in [2.05, 4.69) is 4.98 Å². The molecule has 2 heterocycles. The van der Waals surface area contributed by atoms with Crippen molar-refractivity contribution in [3.05, 3.63) is 89.0 Å². The predicted molar refractivity (Wildman–Crippen MR) is 106 cm³/mol. The number of nitrogens with zero attached hydrogens (tertiary/aromatic N) is 2. The highest BCUT2D eigenvalue weighted by molar-refractivity contribution is 6.03. The third kappa shape index (κ3) is 3.14. The molecule has 0 aliphatic rings. The molecule has 0 aliphatic carbocycles. The smallest absolute Gasteiger partial charge is 0.152 e. The van der Waals surface area contributed by atoms with Gasteiger partial charge in [-0.3, -0.25) is 4.79 Å². The first-order chi connectivity index (χ1) is 13.1. The third-order valence-corrected chi connectivity index (χ3v) is 4.86. The van der Waals surface area contributed by atoms with E-state index in [0.717, 1.165) is 34.0 Å². The summed E-state index contributed by atoms with van der Waals surface area (Å²) in [6.45, 7) is 4.48. The van der Waals surface area contributed by atoms with Crippen molar-refractivity contribution in [1.29, 1.82) is 0 Å². The monoisotopic (exact) mass is 358 g/mol. The molecule has 2 aromatic carbocycles. The molecule has 2 aromatic heterocycles. The van der Waals surface area contributed by atoms with Gasteiger partial charge in [-0.05, 0) is 43.2 Å². The molecule has 0 radical (unpaired) electrons. The second kappa shape index (κ2) is 6.80. The Morgan fingerprint density at radius 3 is 2.37 bits per heavy atom. The summed E-state index contributed by atoms with van der Waals surface area (Å²) < 4.78 is 15.2. The van der Waals surface area contributed by atoms with Gasteiger partial charge in [0.25, 0.3) is 0 Å². The molecule has 0 unspecified atom stereocenters. The van der Waals surface area contributed by atoms with Crippen molar-refractivity contribution in [3.63, 3.8) is 0 Å². The van der Waals surface area contributed by atoms with Crippen LogP contribution in [-0.2, 0) is 6.54 Å². The van der Waals surface area contributed by atoms with Gasteiger partial charge in [-0.2, -0.15) is 0 Å². The van der Waals surface area contributed by atoms with Gasteiger partial charge in [0.05, 0.1) is 5.69 Å². The van der Waals surface area contributed by atoms with E-state index >= 15 is 0 Å². The number of aromatic nitrogens is 2. The molecule has 4 rings (SSSR count). The quantitative estimate of drug-likeness (QED) is 0.463. The maximum absolute atomic E-state index is 13.2. The van der Waals surface area contributed by atoms with Gasteiger partial charge in [-0.1, -0.05) is 42.0 Å². The van der Waals surface area contributed by atoms with Gasteiger partial charge >= 0.3 is 0 Å². The molecule has 4 heteroatoms. The second-order valence-corrected chi connectivity index (χ2v) is 6.78. The average molecular weight is 358 g/mol. The van der Waals surface area contributed by atoms with Crippen molar-refractivity contribution in [1.82, 2.24) is 9.55 Å². The molecule has 0 aliphatic heterocycles. The summed E-state index contributed by atoms with van der Waals surface area (Å²) in [5, 5.41) is 0.939. The summed E-state index contributed by atoms with van der Waals surface area (Å²) in [5.41, 5.74) is 6.20. The minimum Gasteiger partial charge on any atom is -0.328 e. The van der Waals surface area contributed by atoms with E-state index < -0.39 is 0 Å². The van der Waals surface area contributed by atoms with Crippen LogP contribution in [0.4, 0.5) is 4.39 Å². The molecule has 3 nitrogen and oxygen atoms in total. The number of aryl methyl sites for hydroxylation is 2. The summed E-state index contributed by atoms with van der Waals surface area (Å²) in [6, 6.07) is 16.6. The van der Waals surface area contributed by atoms with Crippen molar-refractivity contribution >= 4 is 17.3 Å². The van der Waals surface area contributed by atoms with E-state index in [9.17, 15) is 9.18 Å². The lowest BCUT2D eigenvalue weighted by Gasteiger charge is -2.12. The van der Waals surface area contributed by atoms with Gasteiger partial charge in [-0.15, -0.1) is 0 Å². The summed E-state index contributed by atoms with van der Waals surface area (Å²) in [4.78, 5) is 16.5. The Morgan fingerprint density at radius 1 is 1.00 bits per heavy atom. The van der Waals surface area contributed by atoms with E-state index in [1.54, 1.807) is 12.1 Å². The lowest BCUT2D eigenvalue weighted by atomic mass is 9.96. The Labute approximate surface area is 157 Å². The maximum Gasteiger partial charge on any atom is 0.152 e. The van der Waals surface area contributed by atoms with Gasteiger partial charge in [-0.25, -0.2) is 9.37 Å². The fourth-order valence-electron chi connectivity index (χ4n) is 3.42. The second-order valence-electron chi connectivity index (χ2n) is 6.78. The molecule has 0 N–H and O–H groups in total. The van der Waals surface area contributed by atoms with Crippen molar-refractivity contribution in [2.45, 2.75) is 20.4 Å². The number of carbonyl (C=O) groups is 1. The number of pyridine rings is 1. The number of benzene rings is 2. The van der Waals surface area contributed by atoms with Crippen LogP contribution in [-0.4, -0.2) is 15.8 Å². The van der Waals surface area contributed by atoms with Crippen LogP contribution in [0.1, 0.15) is 27.2 Å². The highest BCUT2D eigenvalue weighted by atomic mass is 19.1. The standard InChI is InChI=1S/C23H19FN2O/c1-15-3-7-18(8-4-15)22-20-11-12-26(13-17-5-9-19(24)10-6-17)23(20)25-16(2)21(22)14-27/h3-12,14H,13H2,1-2H3. The van der Waals surface area contributed by atoms with E-state index in [0.29, 0.717) is 17.8 Å². The van der Waals surface area contributed by atoms with Crippen LogP contribution in [0.3, 0.4) is 0 Å². The van der Waals surface area contributed by atoms with Gasteiger partial charge in [0.1, 0.15) is 11.5 Å². The molecule has 0 amide bonds. The van der Waals surface area contributed by atoms with E-state index in [1.807, 2.05) is 54.9 Å². The lowest BCUT2D eigenvalue weighted by Crippen LogP contribution is -2.03. The SMILES string of the molecule is Cc1ccc(-c2c(C=O)c(C)nc3c2ccn3Cc2ccc(F)cc2)cc1. The average Bonchev–Trinajstić information content (AvgIpc) is 3.05. The summed E-state index contributed by atoms with van der Waals surface area (Å²) in [5.74, 6) is -0.248. The van der Waals surface area contributed by atoms with Crippen LogP contribution in [0.5, 0.6) is 0 Å². The normalized spacial score (nSPS) is 11.1. The molecular formula is C23H19FN2O. The van der Waals surface area contributed by atoms with Gasteiger partial charge in [0.15, 0.2) is 6.29 Å². The first-order valence-corrected chi connectivity index (χ1v) is 8.83. The number of fused-ring (bicyclic) bond motifs is 1. The number of hydrogen-bond donors (Lipinski definition) is 0. The highest BCUT2D eigenvalue weighted by Gasteiger charge is 2.16. The first-order valence-electron chi connectivity index (χ1n) is 8.83. The first kappa shape index (κ1) is 17.2. The van der Waals surface area contributed by atoms with Crippen molar-refractivity contribution in [2.24, 2.45) is 0 Å². The minimum atomic E-state index is -0.248. The van der Waals surface area contributed by atoms with E-state index in [-0.39, 0.29) is 5.82 Å². The number of carbonyl (C=O) groups excluding carboxylic acids is 1. The third-order valence-electron chi connectivity index (χ3n) is 4.86. The fourth-order valence-corrected chi connectivity index (χ4v) is 3.42. The molecule has 4 aromatic rings. The molecule has 0 bridgehead atoms. The largest absolute Gasteiger partial charge is 0.328 e. The number of halogens is 1. The van der Waals surface area contributed by atoms with Crippen molar-refractivity contribution in [2.75, 3.05) is 0 Å². The Balaban J connectivity index is 1.89. The Bertz CT molecular complexity index is 1130. The fraction of sp³-hybridized carbons (Fsp3) is 0.130. The molecule has 134 valence electrons. The van der Waals surface area contributed by atoms with Crippen LogP contribution >= 0.6 is 0 Å². The van der Waals surface area contributed by atoms with Crippen LogP contribution in [0.15, 0.2) is 60.8 Å². The van der Waals surface area contributed by atoms with Crippen LogP contribution in [0.2, 0.25) is 0 Å². The Hall–Kier alpha value is -3.27. The summed E-state index contributed by atoms with van der Waals surface area (Å²) in [6.07, 6.45) is 2.85. The number of hydrogen-bond acceptors (Lipinski definition) is 2. The van der Waals surface area contributed by atoms with E-state index in [4.69, 9.17) is 0 Å². The topological polar surface area (TPSA) is 34.9 Å². The summed E-state index contributed by atoms with van der Waals surface area (Å²) in [7, 11) is 0. The zero-order valence-corrected chi connectivity index (χ0v) is 15.2. The zero-order valence-electron chi connectivity index (χ0n) is 15.2. The lowest BCUT2D eigenvalue weighted by molar-refractivity contribution is 0.112.